The lowest BCUT2D eigenvalue weighted by Gasteiger charge is -2.29. The second-order valence-corrected chi connectivity index (χ2v) is 9.57. The van der Waals surface area contributed by atoms with Gasteiger partial charge in [0.1, 0.15) is 5.75 Å². The van der Waals surface area contributed by atoms with E-state index in [-0.39, 0.29) is 5.91 Å². The lowest BCUT2D eigenvalue weighted by molar-refractivity contribution is -0.132. The molecule has 2 fully saturated rings. The third-order valence-corrected chi connectivity index (χ3v) is 6.97. The Morgan fingerprint density at radius 1 is 0.972 bits per heavy atom. The highest BCUT2D eigenvalue weighted by Crippen LogP contribution is 2.26. The van der Waals surface area contributed by atoms with Crippen LogP contribution in [-0.4, -0.2) is 55.6 Å². The third-order valence-electron chi connectivity index (χ3n) is 6.97. The molecule has 7 heteroatoms. The molecule has 0 radical (unpaired) electrons. The molecule has 3 aromatic rings. The summed E-state index contributed by atoms with van der Waals surface area (Å²) in [7, 11) is 1.70. The summed E-state index contributed by atoms with van der Waals surface area (Å²) in [5.41, 5.74) is 5.76. The van der Waals surface area contributed by atoms with E-state index in [0.29, 0.717) is 19.6 Å². The van der Waals surface area contributed by atoms with E-state index in [1.807, 2.05) is 23.2 Å². The molecule has 7 nitrogen and oxygen atoms in total. The number of hydrogen-bond donors (Lipinski definition) is 1. The van der Waals surface area contributed by atoms with Gasteiger partial charge in [-0.25, -0.2) is 0 Å². The number of ether oxygens (including phenoxy) is 1. The van der Waals surface area contributed by atoms with Crippen LogP contribution in [0.2, 0.25) is 0 Å². The summed E-state index contributed by atoms with van der Waals surface area (Å²) >= 11 is 0. The Morgan fingerprint density at radius 2 is 1.75 bits per heavy atom. The first-order valence-electron chi connectivity index (χ1n) is 12.8. The quantitative estimate of drug-likeness (QED) is 0.497. The number of carbonyl (C=O) groups excluding carboxylic acids is 1. The Hall–Kier alpha value is -3.58. The van der Waals surface area contributed by atoms with E-state index in [9.17, 15) is 4.79 Å². The fraction of sp³-hybridized carbons (Fsp3) is 0.379. The maximum absolute atomic E-state index is 12.3. The topological polar surface area (TPSA) is 60.9 Å². The van der Waals surface area contributed by atoms with Crippen molar-refractivity contribution in [3.8, 4) is 5.75 Å². The zero-order valence-electron chi connectivity index (χ0n) is 21.0. The molecule has 1 N–H and O–H groups in total. The first kappa shape index (κ1) is 24.1. The molecule has 2 saturated heterocycles. The Morgan fingerprint density at radius 3 is 2.53 bits per heavy atom. The summed E-state index contributed by atoms with van der Waals surface area (Å²) in [6, 6.07) is 21.3. The fourth-order valence-electron chi connectivity index (χ4n) is 5.03. The van der Waals surface area contributed by atoms with Gasteiger partial charge in [-0.15, -0.1) is 0 Å². The number of aromatic nitrogens is 1. The first-order chi connectivity index (χ1) is 17.7. The molecule has 188 valence electrons. The van der Waals surface area contributed by atoms with E-state index < -0.39 is 0 Å². The van der Waals surface area contributed by atoms with Gasteiger partial charge in [0.2, 0.25) is 5.91 Å². The molecular formula is C29H35N5O2. The highest BCUT2D eigenvalue weighted by atomic mass is 16.5. The molecule has 2 aromatic carbocycles. The SMILES string of the molecule is COc1cccc(CN(Cc2cccc(N3CCCC3)c2)c2ccnc(CN3CCNCC3=O)c2)c1. The Bertz CT molecular complexity index is 1180. The molecule has 0 unspecified atom stereocenters. The van der Waals surface area contributed by atoms with Gasteiger partial charge >= 0.3 is 0 Å². The molecule has 0 bridgehead atoms. The number of nitrogens with one attached hydrogen (secondary N) is 1. The van der Waals surface area contributed by atoms with E-state index >= 15 is 0 Å². The highest BCUT2D eigenvalue weighted by Gasteiger charge is 2.19. The molecular weight excluding hydrogens is 450 g/mol. The van der Waals surface area contributed by atoms with Crippen LogP contribution < -0.4 is 19.9 Å². The van der Waals surface area contributed by atoms with Gasteiger partial charge in [-0.05, 0) is 60.4 Å². The molecule has 2 aliphatic heterocycles. The van der Waals surface area contributed by atoms with E-state index in [2.05, 4.69) is 68.6 Å². The lowest BCUT2D eigenvalue weighted by atomic mass is 10.1. The van der Waals surface area contributed by atoms with Gasteiger partial charge in [-0.3, -0.25) is 9.78 Å². The smallest absolute Gasteiger partial charge is 0.236 e. The van der Waals surface area contributed by atoms with E-state index in [1.54, 1.807) is 7.11 Å². The molecule has 3 heterocycles. The van der Waals surface area contributed by atoms with Crippen LogP contribution in [0.15, 0.2) is 66.9 Å². The van der Waals surface area contributed by atoms with Crippen LogP contribution in [0.25, 0.3) is 0 Å². The van der Waals surface area contributed by atoms with Crippen LogP contribution in [-0.2, 0) is 24.4 Å². The van der Waals surface area contributed by atoms with Crippen LogP contribution in [0, 0.1) is 0 Å². The zero-order chi connectivity index (χ0) is 24.7. The number of hydrogen-bond acceptors (Lipinski definition) is 6. The van der Waals surface area contributed by atoms with Crippen LogP contribution in [0.1, 0.15) is 29.7 Å². The van der Waals surface area contributed by atoms with Crippen LogP contribution >= 0.6 is 0 Å². The Labute approximate surface area is 213 Å². The summed E-state index contributed by atoms with van der Waals surface area (Å²) in [4.78, 5) is 23.6. The Balaban J connectivity index is 1.41. The predicted molar refractivity (Wildman–Crippen MR) is 143 cm³/mol. The third kappa shape index (κ3) is 5.97. The number of rotatable bonds is 9. The maximum atomic E-state index is 12.3. The number of benzene rings is 2. The van der Waals surface area contributed by atoms with Crippen molar-refractivity contribution >= 4 is 17.3 Å². The number of nitrogens with zero attached hydrogens (tertiary/aromatic N) is 4. The second kappa shape index (κ2) is 11.4. The van der Waals surface area contributed by atoms with Crippen molar-refractivity contribution in [3.05, 3.63) is 83.7 Å². The second-order valence-electron chi connectivity index (χ2n) is 9.57. The van der Waals surface area contributed by atoms with Gasteiger partial charge in [0, 0.05) is 56.8 Å². The predicted octanol–water partition coefficient (Wildman–Crippen LogP) is 3.83. The summed E-state index contributed by atoms with van der Waals surface area (Å²) in [6.07, 6.45) is 4.39. The maximum Gasteiger partial charge on any atom is 0.236 e. The summed E-state index contributed by atoms with van der Waals surface area (Å²) in [5, 5.41) is 3.13. The van der Waals surface area contributed by atoms with E-state index in [4.69, 9.17) is 4.74 Å². The minimum Gasteiger partial charge on any atom is -0.497 e. The summed E-state index contributed by atoms with van der Waals surface area (Å²) < 4.78 is 5.47. The highest BCUT2D eigenvalue weighted by molar-refractivity contribution is 5.79. The van der Waals surface area contributed by atoms with Crippen LogP contribution in [0.5, 0.6) is 5.75 Å². The number of pyridine rings is 1. The average Bonchev–Trinajstić information content (AvgIpc) is 3.46. The van der Waals surface area contributed by atoms with Crippen LogP contribution in [0.3, 0.4) is 0 Å². The molecule has 5 rings (SSSR count). The normalized spacial score (nSPS) is 15.9. The number of carbonyl (C=O) groups is 1. The number of methoxy groups -OCH3 is 1. The van der Waals surface area contributed by atoms with Crippen molar-refractivity contribution in [2.75, 3.05) is 49.6 Å². The molecule has 1 aromatic heterocycles. The number of anilines is 2. The summed E-state index contributed by atoms with van der Waals surface area (Å²) in [6.45, 7) is 6.24. The average molecular weight is 486 g/mol. The van der Waals surface area contributed by atoms with Gasteiger partial charge in [0.25, 0.3) is 0 Å². The minimum atomic E-state index is 0.125. The van der Waals surface area contributed by atoms with E-state index in [1.165, 1.54) is 29.7 Å². The van der Waals surface area contributed by atoms with Gasteiger partial charge < -0.3 is 24.8 Å². The van der Waals surface area contributed by atoms with Crippen molar-refractivity contribution < 1.29 is 9.53 Å². The van der Waals surface area contributed by atoms with Gasteiger partial charge in [0.15, 0.2) is 0 Å². The van der Waals surface area contributed by atoms with Crippen LogP contribution in [0.4, 0.5) is 11.4 Å². The molecule has 2 aliphatic rings. The Kier molecular flexibility index (Phi) is 7.67. The van der Waals surface area contributed by atoms with Crippen molar-refractivity contribution in [1.82, 2.24) is 15.2 Å². The number of amides is 1. The lowest BCUT2D eigenvalue weighted by Crippen LogP contribution is -2.47. The molecule has 0 atom stereocenters. The molecule has 0 saturated carbocycles. The van der Waals surface area contributed by atoms with Gasteiger partial charge in [-0.1, -0.05) is 24.3 Å². The molecule has 0 aliphatic carbocycles. The molecule has 1 amide bonds. The first-order valence-corrected chi connectivity index (χ1v) is 12.8. The van der Waals surface area contributed by atoms with Crippen molar-refractivity contribution in [3.63, 3.8) is 0 Å². The van der Waals surface area contributed by atoms with Gasteiger partial charge in [0.05, 0.1) is 25.9 Å². The van der Waals surface area contributed by atoms with Crippen molar-refractivity contribution in [2.24, 2.45) is 0 Å². The monoisotopic (exact) mass is 485 g/mol. The van der Waals surface area contributed by atoms with Crippen molar-refractivity contribution in [1.29, 1.82) is 0 Å². The minimum absolute atomic E-state index is 0.125. The van der Waals surface area contributed by atoms with E-state index in [0.717, 1.165) is 49.9 Å². The number of piperazine rings is 1. The van der Waals surface area contributed by atoms with Gasteiger partial charge in [-0.2, -0.15) is 0 Å². The standard InChI is InChI=1S/C29H35N5O2/c1-36-28-9-5-7-24(17-28)21-34(20-23-6-4-8-26(16-23)32-13-2-3-14-32)27-10-11-31-25(18-27)22-33-15-12-30-19-29(33)35/h4-11,16-18,30H,2-3,12-15,19-22H2,1H3. The largest absolute Gasteiger partial charge is 0.497 e. The summed E-state index contributed by atoms with van der Waals surface area (Å²) in [5.74, 6) is 0.983. The molecule has 36 heavy (non-hydrogen) atoms. The molecule has 0 spiro atoms. The zero-order valence-corrected chi connectivity index (χ0v) is 21.0. The fourth-order valence-corrected chi connectivity index (χ4v) is 5.03. The van der Waals surface area contributed by atoms with Crippen molar-refractivity contribution in [2.45, 2.75) is 32.5 Å².